The van der Waals surface area contributed by atoms with Crippen LogP contribution in [0.15, 0.2) is 18.2 Å². The maximum atomic E-state index is 13.0. The van der Waals surface area contributed by atoms with E-state index in [1.54, 1.807) is 21.1 Å². The summed E-state index contributed by atoms with van der Waals surface area (Å²) in [4.78, 5) is 27.0. The first-order valence-electron chi connectivity index (χ1n) is 9.02. The number of hydrogen-bond acceptors (Lipinski definition) is 4. The van der Waals surface area contributed by atoms with Crippen LogP contribution in [0.2, 0.25) is 0 Å². The van der Waals surface area contributed by atoms with Gasteiger partial charge in [-0.2, -0.15) is 0 Å². The molecular formula is C20H30N2O4. The number of amides is 2. The largest absolute Gasteiger partial charge is 0.497 e. The number of ether oxygens (including phenoxy) is 2. The van der Waals surface area contributed by atoms with Gasteiger partial charge in [-0.25, -0.2) is 0 Å². The summed E-state index contributed by atoms with van der Waals surface area (Å²) in [7, 11) is 3.23. The van der Waals surface area contributed by atoms with Crippen molar-refractivity contribution in [1.29, 1.82) is 0 Å². The summed E-state index contributed by atoms with van der Waals surface area (Å²) in [5, 5.41) is 2.83. The summed E-state index contributed by atoms with van der Waals surface area (Å²) in [6, 6.07) is 5.04. The second-order valence-corrected chi connectivity index (χ2v) is 7.74. The van der Waals surface area contributed by atoms with Crippen LogP contribution in [0.1, 0.15) is 52.1 Å². The zero-order valence-corrected chi connectivity index (χ0v) is 16.6. The van der Waals surface area contributed by atoms with Crippen LogP contribution in [0, 0.1) is 5.41 Å². The SMILES string of the molecule is COc1ccc(C2CCCN2C(=O)C(C)NC(=O)C(C)(C)C)c(OC)c1. The molecule has 6 heteroatoms. The molecule has 1 heterocycles. The monoisotopic (exact) mass is 362 g/mol. The summed E-state index contributed by atoms with van der Waals surface area (Å²) in [6.45, 7) is 7.92. The lowest BCUT2D eigenvalue weighted by atomic mass is 9.95. The molecule has 1 aliphatic heterocycles. The van der Waals surface area contributed by atoms with Gasteiger partial charge in [0, 0.05) is 23.6 Å². The number of rotatable bonds is 5. The van der Waals surface area contributed by atoms with E-state index in [0.29, 0.717) is 18.0 Å². The molecule has 6 nitrogen and oxygen atoms in total. The first-order valence-corrected chi connectivity index (χ1v) is 9.02. The van der Waals surface area contributed by atoms with Gasteiger partial charge in [0.1, 0.15) is 17.5 Å². The van der Waals surface area contributed by atoms with E-state index in [-0.39, 0.29) is 17.9 Å². The summed E-state index contributed by atoms with van der Waals surface area (Å²) >= 11 is 0. The van der Waals surface area contributed by atoms with E-state index in [2.05, 4.69) is 5.32 Å². The Morgan fingerprint density at radius 3 is 2.50 bits per heavy atom. The fraction of sp³-hybridized carbons (Fsp3) is 0.600. The molecule has 1 N–H and O–H groups in total. The van der Waals surface area contributed by atoms with Crippen LogP contribution in [-0.4, -0.2) is 43.5 Å². The molecule has 1 aliphatic rings. The average molecular weight is 362 g/mol. The number of hydrogen-bond donors (Lipinski definition) is 1. The van der Waals surface area contributed by atoms with Crippen molar-refractivity contribution in [3.8, 4) is 11.5 Å². The Bertz CT molecular complexity index is 666. The molecule has 0 bridgehead atoms. The van der Waals surface area contributed by atoms with E-state index in [4.69, 9.17) is 9.47 Å². The Hall–Kier alpha value is -2.24. The molecule has 1 aromatic rings. The van der Waals surface area contributed by atoms with Gasteiger partial charge in [-0.3, -0.25) is 9.59 Å². The van der Waals surface area contributed by atoms with Gasteiger partial charge < -0.3 is 19.7 Å². The smallest absolute Gasteiger partial charge is 0.245 e. The maximum Gasteiger partial charge on any atom is 0.245 e. The van der Waals surface area contributed by atoms with Crippen molar-refractivity contribution in [3.63, 3.8) is 0 Å². The molecule has 2 amide bonds. The number of carbonyl (C=O) groups is 2. The first kappa shape index (κ1) is 20.1. The van der Waals surface area contributed by atoms with Gasteiger partial charge in [-0.15, -0.1) is 0 Å². The van der Waals surface area contributed by atoms with E-state index in [0.717, 1.165) is 18.4 Å². The number of benzene rings is 1. The molecule has 0 saturated carbocycles. The minimum absolute atomic E-state index is 0.0580. The van der Waals surface area contributed by atoms with Gasteiger partial charge in [0.15, 0.2) is 0 Å². The highest BCUT2D eigenvalue weighted by Crippen LogP contribution is 2.39. The molecule has 0 aromatic heterocycles. The number of nitrogens with zero attached hydrogens (tertiary/aromatic N) is 1. The average Bonchev–Trinajstić information content (AvgIpc) is 3.08. The minimum atomic E-state index is -0.563. The standard InChI is InChI=1S/C20H30N2O4/c1-13(21-19(24)20(2,3)4)18(23)22-11-7-8-16(22)15-10-9-14(25-5)12-17(15)26-6/h9-10,12-13,16H,7-8,11H2,1-6H3,(H,21,24). The molecule has 2 atom stereocenters. The Balaban J connectivity index is 2.19. The fourth-order valence-electron chi connectivity index (χ4n) is 3.17. The second-order valence-electron chi connectivity index (χ2n) is 7.74. The van der Waals surface area contributed by atoms with Crippen LogP contribution in [-0.2, 0) is 9.59 Å². The lowest BCUT2D eigenvalue weighted by Gasteiger charge is -2.30. The predicted octanol–water partition coefficient (Wildman–Crippen LogP) is 2.92. The summed E-state index contributed by atoms with van der Waals surface area (Å²) in [6.07, 6.45) is 1.79. The Labute approximate surface area is 155 Å². The number of carbonyl (C=O) groups excluding carboxylic acids is 2. The van der Waals surface area contributed by atoms with Gasteiger partial charge in [0.25, 0.3) is 0 Å². The van der Waals surface area contributed by atoms with Crippen molar-refractivity contribution in [2.75, 3.05) is 20.8 Å². The highest BCUT2D eigenvalue weighted by molar-refractivity contribution is 5.89. The molecule has 144 valence electrons. The summed E-state index contributed by atoms with van der Waals surface area (Å²) in [5.41, 5.74) is 0.437. The molecule has 1 saturated heterocycles. The lowest BCUT2D eigenvalue weighted by Crippen LogP contribution is -2.49. The van der Waals surface area contributed by atoms with Crippen LogP contribution in [0.5, 0.6) is 11.5 Å². The van der Waals surface area contributed by atoms with Gasteiger partial charge in [-0.1, -0.05) is 20.8 Å². The van der Waals surface area contributed by atoms with Crippen molar-refractivity contribution < 1.29 is 19.1 Å². The van der Waals surface area contributed by atoms with Crippen LogP contribution in [0.4, 0.5) is 0 Å². The van der Waals surface area contributed by atoms with Crippen molar-refractivity contribution in [2.24, 2.45) is 5.41 Å². The van der Waals surface area contributed by atoms with Crippen LogP contribution in [0.3, 0.4) is 0 Å². The molecule has 1 aromatic carbocycles. The minimum Gasteiger partial charge on any atom is -0.497 e. The van der Waals surface area contributed by atoms with E-state index in [1.165, 1.54) is 0 Å². The zero-order chi connectivity index (χ0) is 19.5. The van der Waals surface area contributed by atoms with Crippen LogP contribution < -0.4 is 14.8 Å². The van der Waals surface area contributed by atoms with Gasteiger partial charge >= 0.3 is 0 Å². The van der Waals surface area contributed by atoms with Crippen molar-refractivity contribution in [3.05, 3.63) is 23.8 Å². The summed E-state index contributed by atoms with van der Waals surface area (Å²) in [5.74, 6) is 1.23. The molecule has 0 radical (unpaired) electrons. The zero-order valence-electron chi connectivity index (χ0n) is 16.6. The van der Waals surface area contributed by atoms with Crippen LogP contribution in [0.25, 0.3) is 0 Å². The molecule has 0 spiro atoms. The first-order chi connectivity index (χ1) is 12.2. The normalized spacial score (nSPS) is 18.4. The lowest BCUT2D eigenvalue weighted by molar-refractivity contribution is -0.138. The number of methoxy groups -OCH3 is 2. The highest BCUT2D eigenvalue weighted by atomic mass is 16.5. The third kappa shape index (κ3) is 4.29. The van der Waals surface area contributed by atoms with Crippen molar-refractivity contribution in [2.45, 2.75) is 52.6 Å². The molecule has 2 rings (SSSR count). The summed E-state index contributed by atoms with van der Waals surface area (Å²) < 4.78 is 10.8. The third-order valence-electron chi connectivity index (χ3n) is 4.73. The quantitative estimate of drug-likeness (QED) is 0.874. The van der Waals surface area contributed by atoms with E-state index >= 15 is 0 Å². The highest BCUT2D eigenvalue weighted by Gasteiger charge is 2.35. The van der Waals surface area contributed by atoms with E-state index in [1.807, 2.05) is 43.9 Å². The molecule has 0 aliphatic carbocycles. The van der Waals surface area contributed by atoms with Gasteiger partial charge in [0.05, 0.1) is 20.3 Å². The van der Waals surface area contributed by atoms with E-state index < -0.39 is 11.5 Å². The Morgan fingerprint density at radius 2 is 1.92 bits per heavy atom. The molecule has 1 fully saturated rings. The topological polar surface area (TPSA) is 67.9 Å². The van der Waals surface area contributed by atoms with Gasteiger partial charge in [-0.05, 0) is 31.9 Å². The predicted molar refractivity (Wildman–Crippen MR) is 100 cm³/mol. The fourth-order valence-corrected chi connectivity index (χ4v) is 3.17. The molecule has 2 unspecified atom stereocenters. The second kappa shape index (κ2) is 7.98. The van der Waals surface area contributed by atoms with Crippen LogP contribution >= 0.6 is 0 Å². The van der Waals surface area contributed by atoms with Crippen molar-refractivity contribution in [1.82, 2.24) is 10.2 Å². The molecular weight excluding hydrogens is 332 g/mol. The van der Waals surface area contributed by atoms with Crippen molar-refractivity contribution >= 4 is 11.8 Å². The maximum absolute atomic E-state index is 13.0. The van der Waals surface area contributed by atoms with Gasteiger partial charge in [0.2, 0.25) is 11.8 Å². The number of likely N-dealkylation sites (tertiary alicyclic amines) is 1. The Morgan fingerprint density at radius 1 is 1.23 bits per heavy atom. The third-order valence-corrected chi connectivity index (χ3v) is 4.73. The molecule has 26 heavy (non-hydrogen) atoms. The Kier molecular flexibility index (Phi) is 6.16. The van der Waals surface area contributed by atoms with E-state index in [9.17, 15) is 9.59 Å². The number of nitrogens with one attached hydrogen (secondary N) is 1.